The molecule has 6 nitrogen and oxygen atoms in total. The van der Waals surface area contributed by atoms with Gasteiger partial charge in [0.15, 0.2) is 5.76 Å². The fraction of sp³-hybridized carbons (Fsp3) is 0.273. The predicted molar refractivity (Wildman–Crippen MR) is 112 cm³/mol. The Morgan fingerprint density at radius 2 is 1.93 bits per heavy atom. The van der Waals surface area contributed by atoms with Crippen molar-refractivity contribution in [3.63, 3.8) is 0 Å². The Morgan fingerprint density at radius 3 is 2.72 bits per heavy atom. The van der Waals surface area contributed by atoms with Crippen LogP contribution < -0.4 is 15.4 Å². The van der Waals surface area contributed by atoms with E-state index in [0.717, 1.165) is 31.5 Å². The Balaban J connectivity index is 1.40. The molecule has 1 amide bonds. The molecule has 1 aliphatic rings. The number of hydrogen-bond donors (Lipinski definition) is 2. The van der Waals surface area contributed by atoms with Crippen LogP contribution in [0.3, 0.4) is 0 Å². The summed E-state index contributed by atoms with van der Waals surface area (Å²) in [5.74, 6) is 1.31. The first kappa shape index (κ1) is 19.5. The topological polar surface area (TPSA) is 76.4 Å². The number of carbonyl (C=O) groups is 1. The van der Waals surface area contributed by atoms with Gasteiger partial charge in [0.2, 0.25) is 5.91 Å². The Hall–Kier alpha value is -2.83. The number of nitrogens with one attached hydrogen (secondary N) is 2. The van der Waals surface area contributed by atoms with Crippen LogP contribution in [-0.2, 0) is 11.4 Å². The van der Waals surface area contributed by atoms with Gasteiger partial charge in [-0.05, 0) is 62.3 Å². The van der Waals surface area contributed by atoms with Crippen LogP contribution in [0, 0.1) is 5.92 Å². The number of amides is 1. The van der Waals surface area contributed by atoms with Crippen LogP contribution in [0.4, 0.5) is 5.69 Å². The molecule has 3 aromatic rings. The van der Waals surface area contributed by atoms with Crippen LogP contribution in [0.15, 0.2) is 59.1 Å². The van der Waals surface area contributed by atoms with E-state index >= 15 is 0 Å². The van der Waals surface area contributed by atoms with Crippen molar-refractivity contribution < 1.29 is 14.1 Å². The summed E-state index contributed by atoms with van der Waals surface area (Å²) < 4.78 is 11.3. The second-order valence-corrected chi connectivity index (χ2v) is 7.42. The first-order valence-corrected chi connectivity index (χ1v) is 10.0. The summed E-state index contributed by atoms with van der Waals surface area (Å²) in [6, 6.07) is 16.6. The number of piperidine rings is 1. The summed E-state index contributed by atoms with van der Waals surface area (Å²) in [7, 11) is 0. The largest absolute Gasteiger partial charge is 0.485 e. The number of carbonyl (C=O) groups excluding carboxylic acids is 1. The lowest BCUT2D eigenvalue weighted by Crippen LogP contribution is -2.34. The van der Waals surface area contributed by atoms with Crippen molar-refractivity contribution in [2.24, 2.45) is 5.92 Å². The van der Waals surface area contributed by atoms with E-state index in [4.69, 9.17) is 20.9 Å². The standard InChI is InChI=1S/C22H22ClN3O3/c23-17-7-5-15(6-8-17)21-13-18(26-29-21)14-28-20-4-2-1-3-19(20)25-22(27)16-9-11-24-12-10-16/h1-8,13,16,24H,9-12,14H2,(H,25,27). The highest BCUT2D eigenvalue weighted by Gasteiger charge is 2.21. The molecule has 0 radical (unpaired) electrons. The Kier molecular flexibility index (Phi) is 6.12. The lowest BCUT2D eigenvalue weighted by Gasteiger charge is -2.22. The number of anilines is 1. The van der Waals surface area contributed by atoms with E-state index in [1.807, 2.05) is 42.5 Å². The number of halogens is 1. The van der Waals surface area contributed by atoms with Gasteiger partial charge in [-0.3, -0.25) is 4.79 Å². The molecule has 2 aromatic carbocycles. The van der Waals surface area contributed by atoms with Gasteiger partial charge in [0.1, 0.15) is 18.1 Å². The second-order valence-electron chi connectivity index (χ2n) is 6.99. The van der Waals surface area contributed by atoms with Crippen LogP contribution in [-0.4, -0.2) is 24.2 Å². The maximum Gasteiger partial charge on any atom is 0.227 e. The van der Waals surface area contributed by atoms with Gasteiger partial charge in [-0.2, -0.15) is 0 Å². The van der Waals surface area contributed by atoms with Gasteiger partial charge in [0.25, 0.3) is 0 Å². The Morgan fingerprint density at radius 1 is 1.17 bits per heavy atom. The molecule has 0 aliphatic carbocycles. The first-order valence-electron chi connectivity index (χ1n) is 9.64. The molecular formula is C22H22ClN3O3. The van der Waals surface area contributed by atoms with Crippen LogP contribution in [0.2, 0.25) is 5.02 Å². The molecule has 0 spiro atoms. The lowest BCUT2D eigenvalue weighted by molar-refractivity contribution is -0.120. The molecule has 1 aromatic heterocycles. The smallest absolute Gasteiger partial charge is 0.227 e. The molecule has 1 aliphatic heterocycles. The van der Waals surface area contributed by atoms with Crippen molar-refractivity contribution in [1.82, 2.24) is 10.5 Å². The fourth-order valence-electron chi connectivity index (χ4n) is 3.30. The molecule has 29 heavy (non-hydrogen) atoms. The minimum atomic E-state index is 0.0294. The number of nitrogens with zero attached hydrogens (tertiary/aromatic N) is 1. The van der Waals surface area contributed by atoms with Crippen molar-refractivity contribution >= 4 is 23.2 Å². The SMILES string of the molecule is O=C(Nc1ccccc1OCc1cc(-c2ccc(Cl)cc2)on1)C1CCNCC1. The average molecular weight is 412 g/mol. The summed E-state index contributed by atoms with van der Waals surface area (Å²) in [6.45, 7) is 1.98. The van der Waals surface area contributed by atoms with Crippen molar-refractivity contribution in [2.75, 3.05) is 18.4 Å². The van der Waals surface area contributed by atoms with E-state index in [1.165, 1.54) is 0 Å². The van der Waals surface area contributed by atoms with Crippen LogP contribution in [0.5, 0.6) is 5.75 Å². The van der Waals surface area contributed by atoms with Crippen molar-refractivity contribution in [1.29, 1.82) is 0 Å². The van der Waals surface area contributed by atoms with Crippen molar-refractivity contribution in [2.45, 2.75) is 19.4 Å². The van der Waals surface area contributed by atoms with E-state index in [0.29, 0.717) is 27.9 Å². The molecule has 4 rings (SSSR count). The highest BCUT2D eigenvalue weighted by atomic mass is 35.5. The normalized spacial score (nSPS) is 14.5. The van der Waals surface area contributed by atoms with Gasteiger partial charge >= 0.3 is 0 Å². The number of para-hydroxylation sites is 2. The molecule has 0 bridgehead atoms. The summed E-state index contributed by atoms with van der Waals surface area (Å²) in [5.41, 5.74) is 2.22. The highest BCUT2D eigenvalue weighted by Crippen LogP contribution is 2.27. The maximum atomic E-state index is 12.5. The van der Waals surface area contributed by atoms with E-state index in [1.54, 1.807) is 12.1 Å². The number of ether oxygens (including phenoxy) is 1. The second kappa shape index (κ2) is 9.11. The molecule has 2 N–H and O–H groups in total. The van der Waals surface area contributed by atoms with Crippen LogP contribution >= 0.6 is 11.6 Å². The minimum absolute atomic E-state index is 0.0294. The summed E-state index contributed by atoms with van der Waals surface area (Å²) in [4.78, 5) is 12.5. The van der Waals surface area contributed by atoms with Gasteiger partial charge in [-0.15, -0.1) is 0 Å². The van der Waals surface area contributed by atoms with Crippen molar-refractivity contribution in [3.8, 4) is 17.1 Å². The lowest BCUT2D eigenvalue weighted by atomic mass is 9.97. The first-order chi connectivity index (χ1) is 14.2. The van der Waals surface area contributed by atoms with E-state index in [9.17, 15) is 4.79 Å². The van der Waals surface area contributed by atoms with Gasteiger partial charge in [-0.25, -0.2) is 0 Å². The Bertz CT molecular complexity index is 965. The van der Waals surface area contributed by atoms with Crippen LogP contribution in [0.25, 0.3) is 11.3 Å². The van der Waals surface area contributed by atoms with E-state index in [2.05, 4.69) is 15.8 Å². The third-order valence-corrected chi connectivity index (χ3v) is 5.17. The molecule has 0 atom stereocenters. The summed E-state index contributed by atoms with van der Waals surface area (Å²) >= 11 is 5.92. The number of benzene rings is 2. The monoisotopic (exact) mass is 411 g/mol. The van der Waals surface area contributed by atoms with Gasteiger partial charge in [0, 0.05) is 22.6 Å². The molecular weight excluding hydrogens is 390 g/mol. The third kappa shape index (κ3) is 4.96. The summed E-state index contributed by atoms with van der Waals surface area (Å²) in [6.07, 6.45) is 1.70. The zero-order chi connectivity index (χ0) is 20.1. The minimum Gasteiger partial charge on any atom is -0.485 e. The predicted octanol–water partition coefficient (Wildman–Crippen LogP) is 4.51. The number of hydrogen-bond acceptors (Lipinski definition) is 5. The molecule has 0 saturated carbocycles. The third-order valence-electron chi connectivity index (χ3n) is 4.92. The Labute approximate surface area is 174 Å². The van der Waals surface area contributed by atoms with E-state index < -0.39 is 0 Å². The number of aromatic nitrogens is 1. The zero-order valence-corrected chi connectivity index (χ0v) is 16.6. The molecule has 2 heterocycles. The molecule has 1 saturated heterocycles. The molecule has 150 valence electrons. The van der Waals surface area contributed by atoms with Gasteiger partial charge in [-0.1, -0.05) is 28.9 Å². The quantitative estimate of drug-likeness (QED) is 0.624. The number of rotatable bonds is 6. The molecule has 0 unspecified atom stereocenters. The summed E-state index contributed by atoms with van der Waals surface area (Å²) in [5, 5.41) is 11.0. The van der Waals surface area contributed by atoms with Crippen LogP contribution in [0.1, 0.15) is 18.5 Å². The fourth-order valence-corrected chi connectivity index (χ4v) is 3.42. The van der Waals surface area contributed by atoms with Crippen molar-refractivity contribution in [3.05, 3.63) is 65.3 Å². The molecule has 7 heteroatoms. The maximum absolute atomic E-state index is 12.5. The highest BCUT2D eigenvalue weighted by molar-refractivity contribution is 6.30. The average Bonchev–Trinajstić information content (AvgIpc) is 3.23. The van der Waals surface area contributed by atoms with Gasteiger partial charge < -0.3 is 19.9 Å². The van der Waals surface area contributed by atoms with E-state index in [-0.39, 0.29) is 18.4 Å². The zero-order valence-electron chi connectivity index (χ0n) is 15.9. The molecule has 1 fully saturated rings. The van der Waals surface area contributed by atoms with Gasteiger partial charge in [0.05, 0.1) is 5.69 Å².